The number of hydrogen-bond donors (Lipinski definition) is 4. The molecule has 0 unspecified atom stereocenters. The number of nitrogens with zero attached hydrogens (tertiary/aromatic N) is 2. The number of aromatic amines is 2. The highest BCUT2D eigenvalue weighted by Gasteiger charge is 2.14. The molecule has 0 amide bonds. The van der Waals surface area contributed by atoms with Gasteiger partial charge < -0.3 is 20.6 Å². The van der Waals surface area contributed by atoms with Gasteiger partial charge in [0.2, 0.25) is 0 Å². The summed E-state index contributed by atoms with van der Waals surface area (Å²) >= 11 is 1.81. The highest BCUT2D eigenvalue weighted by molar-refractivity contribution is 7.18. The molecule has 0 radical (unpaired) electrons. The van der Waals surface area contributed by atoms with Crippen LogP contribution in [-0.4, -0.2) is 47.8 Å². The number of benzene rings is 2. The van der Waals surface area contributed by atoms with Crippen LogP contribution in [0.1, 0.15) is 24.0 Å². The quantitative estimate of drug-likeness (QED) is 0.274. The minimum Gasteiger partial charge on any atom is -0.370 e. The van der Waals surface area contributed by atoms with E-state index in [0.29, 0.717) is 0 Å². The summed E-state index contributed by atoms with van der Waals surface area (Å²) in [4.78, 5) is 18.9. The first-order valence-corrected chi connectivity index (χ1v) is 13.1. The van der Waals surface area contributed by atoms with Crippen molar-refractivity contribution in [3.05, 3.63) is 71.9 Å². The normalized spacial score (nSPS) is 16.1. The zero-order valence-corrected chi connectivity index (χ0v) is 20.1. The Labute approximate surface area is 207 Å². The summed E-state index contributed by atoms with van der Waals surface area (Å²) in [6, 6.07) is 19.8. The lowest BCUT2D eigenvalue weighted by atomic mass is 10.1. The summed E-state index contributed by atoms with van der Waals surface area (Å²) in [5.41, 5.74) is 6.95. The van der Waals surface area contributed by atoms with E-state index in [1.165, 1.54) is 26.1 Å². The van der Waals surface area contributed by atoms with Crippen LogP contribution in [0, 0.1) is 0 Å². The predicted octanol–water partition coefficient (Wildman–Crippen LogP) is 5.52. The molecule has 2 aromatic carbocycles. The SMILES string of the molecule is c1cc2cc(-c3ccc(-c4c[nH]c5cc(C6=NCCCN6)ccc45)s3)[nH]c2cc1C1=NCCCN1. The number of nitrogens with one attached hydrogen (secondary N) is 4. The first-order chi connectivity index (χ1) is 17.3. The van der Waals surface area contributed by atoms with Crippen LogP contribution in [0.25, 0.3) is 42.8 Å². The topological polar surface area (TPSA) is 80.4 Å². The van der Waals surface area contributed by atoms with Crippen LogP contribution in [0.15, 0.2) is 70.8 Å². The van der Waals surface area contributed by atoms with Crippen molar-refractivity contribution in [1.29, 1.82) is 0 Å². The second-order valence-corrected chi connectivity index (χ2v) is 10.2. The molecular formula is C28H26N6S. The molecule has 5 aromatic rings. The van der Waals surface area contributed by atoms with Crippen molar-refractivity contribution in [2.75, 3.05) is 26.2 Å². The molecule has 0 saturated heterocycles. The molecule has 0 fully saturated rings. The number of aromatic nitrogens is 2. The maximum Gasteiger partial charge on any atom is 0.128 e. The van der Waals surface area contributed by atoms with Gasteiger partial charge in [-0.05, 0) is 43.2 Å². The molecule has 3 aromatic heterocycles. The number of amidine groups is 2. The summed E-state index contributed by atoms with van der Waals surface area (Å²) in [7, 11) is 0. The van der Waals surface area contributed by atoms with Crippen molar-refractivity contribution in [3.8, 4) is 21.0 Å². The van der Waals surface area contributed by atoms with Gasteiger partial charge >= 0.3 is 0 Å². The maximum atomic E-state index is 4.64. The fraction of sp³-hybridized carbons (Fsp3) is 0.214. The van der Waals surface area contributed by atoms with E-state index in [-0.39, 0.29) is 0 Å². The van der Waals surface area contributed by atoms with Gasteiger partial charge in [0, 0.05) is 75.7 Å². The summed E-state index contributed by atoms with van der Waals surface area (Å²) in [5.74, 6) is 2.00. The molecule has 174 valence electrons. The van der Waals surface area contributed by atoms with Gasteiger partial charge in [-0.25, -0.2) is 0 Å². The monoisotopic (exact) mass is 478 g/mol. The molecule has 6 nitrogen and oxygen atoms in total. The smallest absolute Gasteiger partial charge is 0.128 e. The lowest BCUT2D eigenvalue weighted by Crippen LogP contribution is -2.30. The lowest BCUT2D eigenvalue weighted by molar-refractivity contribution is 0.742. The van der Waals surface area contributed by atoms with Crippen LogP contribution in [0.4, 0.5) is 0 Å². The Bertz CT molecular complexity index is 1610. The molecule has 35 heavy (non-hydrogen) atoms. The Kier molecular flexibility index (Phi) is 4.94. The van der Waals surface area contributed by atoms with Crippen molar-refractivity contribution in [1.82, 2.24) is 20.6 Å². The average Bonchev–Trinajstić information content (AvgIpc) is 3.66. The van der Waals surface area contributed by atoms with Crippen molar-refractivity contribution in [3.63, 3.8) is 0 Å². The van der Waals surface area contributed by atoms with E-state index in [0.717, 1.165) is 78.5 Å². The number of rotatable bonds is 4. The van der Waals surface area contributed by atoms with E-state index in [1.54, 1.807) is 0 Å². The van der Waals surface area contributed by atoms with Crippen molar-refractivity contribution >= 4 is 44.8 Å². The van der Waals surface area contributed by atoms with Gasteiger partial charge in [-0.1, -0.05) is 24.3 Å². The van der Waals surface area contributed by atoms with Crippen LogP contribution in [0.2, 0.25) is 0 Å². The van der Waals surface area contributed by atoms with Gasteiger partial charge in [-0.15, -0.1) is 11.3 Å². The van der Waals surface area contributed by atoms with Crippen LogP contribution >= 0.6 is 11.3 Å². The van der Waals surface area contributed by atoms with Crippen LogP contribution in [0.3, 0.4) is 0 Å². The minimum absolute atomic E-state index is 0.898. The molecular weight excluding hydrogens is 452 g/mol. The molecule has 2 aliphatic heterocycles. The molecule has 7 heteroatoms. The first kappa shape index (κ1) is 20.5. The molecule has 2 aliphatic rings. The molecule has 4 N–H and O–H groups in total. The second kappa shape index (κ2) is 8.43. The molecule has 7 rings (SSSR count). The van der Waals surface area contributed by atoms with E-state index in [9.17, 15) is 0 Å². The molecule has 0 saturated carbocycles. The van der Waals surface area contributed by atoms with E-state index in [1.807, 2.05) is 11.3 Å². The molecule has 5 heterocycles. The van der Waals surface area contributed by atoms with Gasteiger partial charge in [0.25, 0.3) is 0 Å². The third kappa shape index (κ3) is 3.72. The van der Waals surface area contributed by atoms with Crippen LogP contribution in [0.5, 0.6) is 0 Å². The average molecular weight is 479 g/mol. The van der Waals surface area contributed by atoms with Crippen molar-refractivity contribution in [2.45, 2.75) is 12.8 Å². The molecule has 0 bridgehead atoms. The largest absolute Gasteiger partial charge is 0.370 e. The van der Waals surface area contributed by atoms with E-state index >= 15 is 0 Å². The molecule has 0 spiro atoms. The van der Waals surface area contributed by atoms with Gasteiger partial charge in [0.1, 0.15) is 11.7 Å². The zero-order chi connectivity index (χ0) is 23.2. The van der Waals surface area contributed by atoms with Gasteiger partial charge in [-0.3, -0.25) is 9.98 Å². The minimum atomic E-state index is 0.898. The Morgan fingerprint density at radius 2 is 1.43 bits per heavy atom. The van der Waals surface area contributed by atoms with Crippen molar-refractivity contribution in [2.24, 2.45) is 9.98 Å². The Hall–Kier alpha value is -3.84. The fourth-order valence-electron chi connectivity index (χ4n) is 4.96. The third-order valence-corrected chi connectivity index (χ3v) is 7.93. The van der Waals surface area contributed by atoms with Gasteiger partial charge in [0.05, 0.1) is 10.6 Å². The Morgan fingerprint density at radius 3 is 2.17 bits per heavy atom. The predicted molar refractivity (Wildman–Crippen MR) is 147 cm³/mol. The number of aliphatic imine (C=N–C) groups is 2. The number of fused-ring (bicyclic) bond motifs is 2. The summed E-state index contributed by atoms with van der Waals surface area (Å²) in [6.07, 6.45) is 4.32. The maximum absolute atomic E-state index is 4.64. The fourth-order valence-corrected chi connectivity index (χ4v) is 5.97. The van der Waals surface area contributed by atoms with Crippen LogP contribution < -0.4 is 10.6 Å². The van der Waals surface area contributed by atoms with Crippen LogP contribution in [-0.2, 0) is 0 Å². The summed E-state index contributed by atoms with van der Waals surface area (Å²) in [5, 5.41) is 9.29. The Morgan fingerprint density at radius 1 is 0.714 bits per heavy atom. The first-order valence-electron chi connectivity index (χ1n) is 12.2. The number of thiophene rings is 1. The standard InChI is InChI=1S/C28H26N6S/c1-9-29-27(30-10-1)18-4-3-17-13-24(34-22(17)14-18)26-8-7-25(35-26)21-16-33-23-15-19(5-6-20(21)23)28-31-11-2-12-32-28/h3-8,13-16,33-34H,1-2,9-12H2,(H,29,30)(H,31,32). The van der Waals surface area contributed by atoms with E-state index in [2.05, 4.69) is 91.4 Å². The van der Waals surface area contributed by atoms with Gasteiger partial charge in [-0.2, -0.15) is 0 Å². The second-order valence-electron chi connectivity index (χ2n) is 9.13. The Balaban J connectivity index is 1.20. The van der Waals surface area contributed by atoms with E-state index < -0.39 is 0 Å². The summed E-state index contributed by atoms with van der Waals surface area (Å²) in [6.45, 7) is 3.78. The van der Waals surface area contributed by atoms with E-state index in [4.69, 9.17) is 0 Å². The highest BCUT2D eigenvalue weighted by atomic mass is 32.1. The summed E-state index contributed by atoms with van der Waals surface area (Å²) < 4.78 is 0. The molecule has 0 atom stereocenters. The molecule has 0 aliphatic carbocycles. The zero-order valence-electron chi connectivity index (χ0n) is 19.3. The van der Waals surface area contributed by atoms with Gasteiger partial charge in [0.15, 0.2) is 0 Å². The highest BCUT2D eigenvalue weighted by Crippen LogP contribution is 2.38. The third-order valence-electron chi connectivity index (χ3n) is 6.78. The number of H-pyrrole nitrogens is 2. The van der Waals surface area contributed by atoms with Crippen molar-refractivity contribution < 1.29 is 0 Å². The lowest BCUT2D eigenvalue weighted by Gasteiger charge is -2.14. The number of hydrogen-bond acceptors (Lipinski definition) is 5.